The summed E-state index contributed by atoms with van der Waals surface area (Å²) in [7, 11) is 0. The Labute approximate surface area is 107 Å². The quantitative estimate of drug-likeness (QED) is 0.891. The highest BCUT2D eigenvalue weighted by molar-refractivity contribution is 5.51. The number of hydrogen-bond donors (Lipinski definition) is 1. The maximum Gasteiger partial charge on any atom is 0.149 e. The molecule has 1 unspecified atom stereocenters. The lowest BCUT2D eigenvalue weighted by Gasteiger charge is -2.24. The van der Waals surface area contributed by atoms with Crippen molar-refractivity contribution in [2.24, 2.45) is 0 Å². The summed E-state index contributed by atoms with van der Waals surface area (Å²) in [5.74, 6) is 0. The first-order valence-electron chi connectivity index (χ1n) is 5.81. The number of nitrogens with one attached hydrogen (secondary N) is 1. The highest BCUT2D eigenvalue weighted by atomic mass is 15.0. The lowest BCUT2D eigenvalue weighted by atomic mass is 9.95. The van der Waals surface area contributed by atoms with Crippen molar-refractivity contribution in [1.29, 1.82) is 5.26 Å². The number of benzene rings is 1. The van der Waals surface area contributed by atoms with Crippen LogP contribution in [-0.2, 0) is 5.54 Å². The molecule has 0 bridgehead atoms. The Morgan fingerprint density at radius 3 is 2.72 bits per heavy atom. The van der Waals surface area contributed by atoms with Crippen LogP contribution in [0.15, 0.2) is 48.8 Å². The summed E-state index contributed by atoms with van der Waals surface area (Å²) in [5, 5.41) is 12.7. The number of hydrogen-bond acceptors (Lipinski definition) is 3. The van der Waals surface area contributed by atoms with Gasteiger partial charge in [0, 0.05) is 23.6 Å². The molecule has 0 saturated heterocycles. The van der Waals surface area contributed by atoms with E-state index >= 15 is 0 Å². The molecule has 1 atom stereocenters. The molecule has 1 heterocycles. The van der Waals surface area contributed by atoms with Gasteiger partial charge in [-0.15, -0.1) is 0 Å². The minimum Gasteiger partial charge on any atom is -0.364 e. The predicted molar refractivity (Wildman–Crippen MR) is 72.0 cm³/mol. The van der Waals surface area contributed by atoms with Crippen molar-refractivity contribution in [2.45, 2.75) is 19.4 Å². The van der Waals surface area contributed by atoms with Crippen molar-refractivity contribution in [3.05, 3.63) is 59.9 Å². The van der Waals surface area contributed by atoms with Crippen molar-refractivity contribution < 1.29 is 0 Å². The maximum atomic E-state index is 9.43. The molecule has 0 aliphatic rings. The van der Waals surface area contributed by atoms with E-state index in [2.05, 4.69) is 16.4 Å². The minimum atomic E-state index is -0.776. The smallest absolute Gasteiger partial charge is 0.149 e. The third-order valence-electron chi connectivity index (χ3n) is 2.87. The summed E-state index contributed by atoms with van der Waals surface area (Å²) < 4.78 is 0. The van der Waals surface area contributed by atoms with Crippen LogP contribution >= 0.6 is 0 Å². The number of rotatable bonds is 3. The monoisotopic (exact) mass is 237 g/mol. The van der Waals surface area contributed by atoms with Crippen LogP contribution < -0.4 is 5.32 Å². The van der Waals surface area contributed by atoms with Crippen molar-refractivity contribution in [3.8, 4) is 6.07 Å². The molecule has 0 aliphatic heterocycles. The molecular formula is C15H15N3. The average molecular weight is 237 g/mol. The predicted octanol–water partition coefficient (Wildman–Crippen LogP) is 3.24. The fraction of sp³-hybridized carbons (Fsp3) is 0.200. The highest BCUT2D eigenvalue weighted by Crippen LogP contribution is 2.25. The van der Waals surface area contributed by atoms with Gasteiger partial charge < -0.3 is 5.32 Å². The Kier molecular flexibility index (Phi) is 3.29. The highest BCUT2D eigenvalue weighted by Gasteiger charge is 2.26. The zero-order valence-electron chi connectivity index (χ0n) is 10.5. The molecule has 0 saturated carbocycles. The molecule has 1 aromatic carbocycles. The average Bonchev–Trinajstić information content (AvgIpc) is 2.39. The summed E-state index contributed by atoms with van der Waals surface area (Å²) in [6.45, 7) is 3.88. The molecule has 0 radical (unpaired) electrons. The van der Waals surface area contributed by atoms with Crippen molar-refractivity contribution in [3.63, 3.8) is 0 Å². The van der Waals surface area contributed by atoms with E-state index in [1.807, 2.05) is 50.2 Å². The first-order chi connectivity index (χ1) is 8.64. The number of aryl methyl sites for hydroxylation is 1. The molecule has 1 aromatic heterocycles. The van der Waals surface area contributed by atoms with Gasteiger partial charge in [0.15, 0.2) is 0 Å². The van der Waals surface area contributed by atoms with Gasteiger partial charge in [-0.1, -0.05) is 18.2 Å². The third-order valence-corrected chi connectivity index (χ3v) is 2.87. The van der Waals surface area contributed by atoms with Gasteiger partial charge in [-0.2, -0.15) is 5.26 Å². The molecule has 0 amide bonds. The van der Waals surface area contributed by atoms with Crippen LogP contribution in [0.4, 0.5) is 5.69 Å². The van der Waals surface area contributed by atoms with E-state index in [4.69, 9.17) is 0 Å². The Morgan fingerprint density at radius 1 is 1.28 bits per heavy atom. The number of nitriles is 1. The maximum absolute atomic E-state index is 9.43. The van der Waals surface area contributed by atoms with Crippen LogP contribution in [0.2, 0.25) is 0 Å². The summed E-state index contributed by atoms with van der Waals surface area (Å²) >= 11 is 0. The van der Waals surface area contributed by atoms with Crippen LogP contribution in [0.1, 0.15) is 18.1 Å². The molecule has 3 nitrogen and oxygen atoms in total. The summed E-state index contributed by atoms with van der Waals surface area (Å²) in [6, 6.07) is 14.0. The van der Waals surface area contributed by atoms with Gasteiger partial charge >= 0.3 is 0 Å². The van der Waals surface area contributed by atoms with Crippen LogP contribution in [0, 0.1) is 18.3 Å². The molecule has 2 aromatic rings. The SMILES string of the molecule is Cc1cccc(NC(C)(C#N)c2cccnc2)c1. The van der Waals surface area contributed by atoms with Gasteiger partial charge in [-0.05, 0) is 37.6 Å². The van der Waals surface area contributed by atoms with E-state index in [0.717, 1.165) is 16.8 Å². The number of pyridine rings is 1. The van der Waals surface area contributed by atoms with Gasteiger partial charge in [0.05, 0.1) is 6.07 Å². The molecule has 0 spiro atoms. The third kappa shape index (κ3) is 2.49. The summed E-state index contributed by atoms with van der Waals surface area (Å²) in [6.07, 6.45) is 3.42. The largest absolute Gasteiger partial charge is 0.364 e. The fourth-order valence-corrected chi connectivity index (χ4v) is 1.83. The Hall–Kier alpha value is -2.34. The van der Waals surface area contributed by atoms with E-state index in [0.29, 0.717) is 0 Å². The molecule has 2 rings (SSSR count). The second-order valence-electron chi connectivity index (χ2n) is 4.47. The second-order valence-corrected chi connectivity index (χ2v) is 4.47. The van der Waals surface area contributed by atoms with Gasteiger partial charge in [0.2, 0.25) is 0 Å². The van der Waals surface area contributed by atoms with E-state index in [9.17, 15) is 5.26 Å². The zero-order chi connectivity index (χ0) is 13.0. The van der Waals surface area contributed by atoms with Crippen LogP contribution in [0.3, 0.4) is 0 Å². The Morgan fingerprint density at radius 2 is 2.11 bits per heavy atom. The van der Waals surface area contributed by atoms with Crippen molar-refractivity contribution in [1.82, 2.24) is 4.98 Å². The van der Waals surface area contributed by atoms with Crippen molar-refractivity contribution in [2.75, 3.05) is 5.32 Å². The van der Waals surface area contributed by atoms with E-state index in [1.54, 1.807) is 12.4 Å². The van der Waals surface area contributed by atoms with Crippen LogP contribution in [0.25, 0.3) is 0 Å². The Bertz CT molecular complexity index is 572. The molecule has 3 heteroatoms. The molecule has 90 valence electrons. The van der Waals surface area contributed by atoms with E-state index in [1.165, 1.54) is 0 Å². The van der Waals surface area contributed by atoms with Gasteiger partial charge in [0.25, 0.3) is 0 Å². The Balaban J connectivity index is 2.33. The van der Waals surface area contributed by atoms with Gasteiger partial charge in [0.1, 0.15) is 5.54 Å². The summed E-state index contributed by atoms with van der Waals surface area (Å²) in [4.78, 5) is 4.07. The van der Waals surface area contributed by atoms with Gasteiger partial charge in [-0.3, -0.25) is 4.98 Å². The van der Waals surface area contributed by atoms with E-state index < -0.39 is 5.54 Å². The standard InChI is InChI=1S/C15H15N3/c1-12-5-3-7-14(9-12)18-15(2,11-16)13-6-4-8-17-10-13/h3-10,18H,1-2H3. The number of anilines is 1. The first-order valence-corrected chi connectivity index (χ1v) is 5.81. The van der Waals surface area contributed by atoms with Crippen LogP contribution in [0.5, 0.6) is 0 Å². The topological polar surface area (TPSA) is 48.7 Å². The number of aromatic nitrogens is 1. The number of nitrogens with zero attached hydrogens (tertiary/aromatic N) is 2. The second kappa shape index (κ2) is 4.89. The lowest BCUT2D eigenvalue weighted by molar-refractivity contribution is 0.702. The minimum absolute atomic E-state index is 0.776. The summed E-state index contributed by atoms with van der Waals surface area (Å²) in [5.41, 5.74) is 2.17. The molecule has 18 heavy (non-hydrogen) atoms. The van der Waals surface area contributed by atoms with Crippen molar-refractivity contribution >= 4 is 5.69 Å². The first kappa shape index (κ1) is 12.1. The molecule has 0 fully saturated rings. The van der Waals surface area contributed by atoms with Gasteiger partial charge in [-0.25, -0.2) is 0 Å². The fourth-order valence-electron chi connectivity index (χ4n) is 1.83. The molecule has 1 N–H and O–H groups in total. The van der Waals surface area contributed by atoms with Crippen LogP contribution in [-0.4, -0.2) is 4.98 Å². The molecule has 0 aliphatic carbocycles. The lowest BCUT2D eigenvalue weighted by Crippen LogP contribution is -2.30. The van der Waals surface area contributed by atoms with E-state index in [-0.39, 0.29) is 0 Å². The normalized spacial score (nSPS) is 13.4. The zero-order valence-corrected chi connectivity index (χ0v) is 10.5. The molecular weight excluding hydrogens is 222 g/mol.